The molecule has 1 aromatic rings. The Morgan fingerprint density at radius 1 is 1.15 bits per heavy atom. The minimum Gasteiger partial charge on any atom is -0.423 e. The number of carbonyl (C=O) groups is 1. The molecule has 0 heterocycles. The molecule has 1 aromatic carbocycles. The van der Waals surface area contributed by atoms with Gasteiger partial charge in [-0.05, 0) is 26.0 Å². The predicted octanol–water partition coefficient (Wildman–Crippen LogP) is 3.22. The zero-order chi connectivity index (χ0) is 15.2. The van der Waals surface area contributed by atoms with E-state index >= 15 is 0 Å². The van der Waals surface area contributed by atoms with Crippen LogP contribution in [0, 0.1) is 6.92 Å². The van der Waals surface area contributed by atoms with E-state index in [2.05, 4.69) is 9.05 Å². The highest BCUT2D eigenvalue weighted by molar-refractivity contribution is 7.48. The second-order valence-corrected chi connectivity index (χ2v) is 5.70. The van der Waals surface area contributed by atoms with Crippen molar-refractivity contribution in [3.8, 4) is 5.75 Å². The molecule has 1 rings (SSSR count). The Morgan fingerprint density at radius 3 is 2.20 bits per heavy atom. The number of rotatable bonds is 6. The molecule has 0 aromatic heterocycles. The van der Waals surface area contributed by atoms with Gasteiger partial charge in [0.15, 0.2) is 0 Å². The number of aryl methyl sites for hydroxylation is 1. The number of hydrogen-bond acceptors (Lipinski definition) is 6. The first-order chi connectivity index (χ1) is 9.38. The molecule has 0 radical (unpaired) electrons. The second kappa shape index (κ2) is 7.24. The molecule has 7 heteroatoms. The number of esters is 1. The Morgan fingerprint density at radius 2 is 1.70 bits per heavy atom. The molecular weight excluding hydrogens is 283 g/mol. The lowest BCUT2D eigenvalue weighted by Gasteiger charge is -2.14. The summed E-state index contributed by atoms with van der Waals surface area (Å²) in [7, 11) is -1.29. The molecule has 0 aliphatic carbocycles. The molecular formula is C13H17O6P. The van der Waals surface area contributed by atoms with E-state index in [0.717, 1.165) is 11.6 Å². The fourth-order valence-electron chi connectivity index (χ4n) is 1.27. The van der Waals surface area contributed by atoms with E-state index in [1.54, 1.807) is 12.1 Å². The molecule has 110 valence electrons. The van der Waals surface area contributed by atoms with E-state index < -0.39 is 13.8 Å². The summed E-state index contributed by atoms with van der Waals surface area (Å²) in [6.45, 7) is 3.37. The van der Waals surface area contributed by atoms with Gasteiger partial charge >= 0.3 is 13.8 Å². The van der Waals surface area contributed by atoms with Gasteiger partial charge in [0.25, 0.3) is 0 Å². The summed E-state index contributed by atoms with van der Waals surface area (Å²) in [6.07, 6.45) is 1.06. The average Bonchev–Trinajstić information content (AvgIpc) is 2.41. The molecule has 0 saturated carbocycles. The molecule has 0 unspecified atom stereocenters. The average molecular weight is 300 g/mol. The van der Waals surface area contributed by atoms with Crippen LogP contribution in [0.5, 0.6) is 5.75 Å². The van der Waals surface area contributed by atoms with Gasteiger partial charge in [-0.1, -0.05) is 17.7 Å². The third-order valence-corrected chi connectivity index (χ3v) is 3.67. The highest BCUT2D eigenvalue weighted by atomic mass is 31.2. The van der Waals surface area contributed by atoms with Crippen molar-refractivity contribution in [3.63, 3.8) is 0 Å². The molecule has 0 bridgehead atoms. The smallest absolute Gasteiger partial charge is 0.423 e. The molecule has 0 aliphatic heterocycles. The Balaban J connectivity index is 2.66. The maximum atomic E-state index is 11.7. The van der Waals surface area contributed by atoms with Crippen LogP contribution in [0.3, 0.4) is 0 Å². The van der Waals surface area contributed by atoms with Crippen LogP contribution in [0.4, 0.5) is 0 Å². The quantitative estimate of drug-likeness (QED) is 0.264. The molecule has 20 heavy (non-hydrogen) atoms. The monoisotopic (exact) mass is 300 g/mol. The number of allylic oxidation sites excluding steroid dienone is 1. The predicted molar refractivity (Wildman–Crippen MR) is 73.3 cm³/mol. The minimum absolute atomic E-state index is 0.0640. The highest BCUT2D eigenvalue weighted by Crippen LogP contribution is 2.49. The van der Waals surface area contributed by atoms with Gasteiger partial charge in [0.05, 0.1) is 6.08 Å². The van der Waals surface area contributed by atoms with Gasteiger partial charge in [0.2, 0.25) is 0 Å². The normalized spacial score (nSPS) is 12.1. The first-order valence-electron chi connectivity index (χ1n) is 5.76. The van der Waals surface area contributed by atoms with E-state index in [1.165, 1.54) is 21.1 Å². The van der Waals surface area contributed by atoms with Crippen molar-refractivity contribution in [1.29, 1.82) is 0 Å². The van der Waals surface area contributed by atoms with Crippen molar-refractivity contribution in [2.45, 2.75) is 13.8 Å². The maximum absolute atomic E-state index is 11.7. The first-order valence-corrected chi connectivity index (χ1v) is 7.22. The first kappa shape index (κ1) is 16.4. The third-order valence-electron chi connectivity index (χ3n) is 2.26. The van der Waals surface area contributed by atoms with Gasteiger partial charge in [-0.3, -0.25) is 9.05 Å². The molecule has 6 nitrogen and oxygen atoms in total. The number of ether oxygens (including phenoxy) is 1. The lowest BCUT2D eigenvalue weighted by atomic mass is 10.2. The van der Waals surface area contributed by atoms with Crippen LogP contribution < -0.4 is 4.74 Å². The number of phosphoric acid groups is 1. The Labute approximate surface area is 117 Å². The van der Waals surface area contributed by atoms with Crippen molar-refractivity contribution < 1.29 is 27.7 Å². The van der Waals surface area contributed by atoms with Crippen LogP contribution >= 0.6 is 7.82 Å². The Hall–Kier alpha value is -1.62. The molecule has 0 fully saturated rings. The van der Waals surface area contributed by atoms with Gasteiger partial charge in [-0.2, -0.15) is 0 Å². The minimum atomic E-state index is -3.66. The van der Waals surface area contributed by atoms with Gasteiger partial charge in [-0.25, -0.2) is 9.36 Å². The van der Waals surface area contributed by atoms with E-state index in [9.17, 15) is 9.36 Å². The number of benzene rings is 1. The summed E-state index contributed by atoms with van der Waals surface area (Å²) in [5.41, 5.74) is 1.06. The van der Waals surface area contributed by atoms with Gasteiger partial charge < -0.3 is 9.26 Å². The zero-order valence-corrected chi connectivity index (χ0v) is 12.7. The molecule has 0 aliphatic rings. The van der Waals surface area contributed by atoms with Crippen molar-refractivity contribution in [1.82, 2.24) is 0 Å². The summed E-state index contributed by atoms with van der Waals surface area (Å²) in [5, 5.41) is 0. The third kappa shape index (κ3) is 5.17. The van der Waals surface area contributed by atoms with Gasteiger partial charge in [0, 0.05) is 14.2 Å². The topological polar surface area (TPSA) is 71.1 Å². The van der Waals surface area contributed by atoms with Crippen LogP contribution in [0.25, 0.3) is 0 Å². The number of hydrogen-bond donors (Lipinski definition) is 0. The zero-order valence-electron chi connectivity index (χ0n) is 11.8. The van der Waals surface area contributed by atoms with Crippen LogP contribution in [-0.4, -0.2) is 20.2 Å². The lowest BCUT2D eigenvalue weighted by molar-refractivity contribution is -0.129. The van der Waals surface area contributed by atoms with E-state index in [4.69, 9.17) is 9.26 Å². The second-order valence-electron chi connectivity index (χ2n) is 3.89. The number of phosphoric ester groups is 1. The molecule has 0 N–H and O–H groups in total. The SMILES string of the molecule is COP(=O)(OC)O/C(C)=C/C(=O)Oc1ccc(C)cc1. The Kier molecular flexibility index (Phi) is 5.95. The molecule has 0 spiro atoms. The molecule has 0 atom stereocenters. The van der Waals surface area contributed by atoms with Crippen LogP contribution in [0.2, 0.25) is 0 Å². The van der Waals surface area contributed by atoms with Crippen molar-refractivity contribution in [2.24, 2.45) is 0 Å². The summed E-state index contributed by atoms with van der Waals surface area (Å²) in [6, 6.07) is 6.98. The van der Waals surface area contributed by atoms with Crippen molar-refractivity contribution in [3.05, 3.63) is 41.7 Å². The Bertz CT molecular complexity index is 526. The summed E-state index contributed by atoms with van der Waals surface area (Å²) >= 11 is 0. The summed E-state index contributed by atoms with van der Waals surface area (Å²) < 4.78 is 30.8. The fraction of sp³-hybridized carbons (Fsp3) is 0.308. The molecule has 0 amide bonds. The lowest BCUT2D eigenvalue weighted by Crippen LogP contribution is -2.05. The van der Waals surface area contributed by atoms with Crippen molar-refractivity contribution >= 4 is 13.8 Å². The fourth-order valence-corrected chi connectivity index (χ4v) is 1.97. The highest BCUT2D eigenvalue weighted by Gasteiger charge is 2.24. The van der Waals surface area contributed by atoms with Crippen LogP contribution in [-0.2, 0) is 22.9 Å². The largest absolute Gasteiger partial charge is 0.529 e. The van der Waals surface area contributed by atoms with Gasteiger partial charge in [-0.15, -0.1) is 0 Å². The summed E-state index contributed by atoms with van der Waals surface area (Å²) in [5.74, 6) is -0.175. The van der Waals surface area contributed by atoms with E-state index in [1.807, 2.05) is 19.1 Å². The molecule has 0 saturated heterocycles. The standard InChI is InChI=1S/C13H17O6P/c1-10-5-7-12(8-6-10)18-13(14)9-11(2)19-20(15,16-3)17-4/h5-9H,1-4H3/b11-9+. The van der Waals surface area contributed by atoms with Gasteiger partial charge in [0.1, 0.15) is 11.5 Å². The summed E-state index contributed by atoms with van der Waals surface area (Å²) in [4.78, 5) is 11.6. The maximum Gasteiger partial charge on any atom is 0.529 e. The van der Waals surface area contributed by atoms with E-state index in [0.29, 0.717) is 5.75 Å². The van der Waals surface area contributed by atoms with E-state index in [-0.39, 0.29) is 5.76 Å². The van der Waals surface area contributed by atoms with Crippen molar-refractivity contribution in [2.75, 3.05) is 14.2 Å². The number of carbonyl (C=O) groups excluding carboxylic acids is 1. The van der Waals surface area contributed by atoms with Crippen LogP contribution in [0.15, 0.2) is 36.1 Å². The van der Waals surface area contributed by atoms with Crippen LogP contribution in [0.1, 0.15) is 12.5 Å².